The molecule has 106 valence electrons. The average Bonchev–Trinajstić information content (AvgIpc) is 2.52. The summed E-state index contributed by atoms with van der Waals surface area (Å²) in [4.78, 5) is 22.1. The van der Waals surface area contributed by atoms with Crippen LogP contribution < -0.4 is 5.73 Å². The van der Waals surface area contributed by atoms with Crippen LogP contribution in [0.5, 0.6) is 0 Å². The van der Waals surface area contributed by atoms with Gasteiger partial charge < -0.3 is 10.6 Å². The minimum atomic E-state index is -0.285. The molecule has 0 spiro atoms. The zero-order valence-corrected chi connectivity index (χ0v) is 11.4. The Bertz CT molecular complexity index is 651. The van der Waals surface area contributed by atoms with Gasteiger partial charge in [0.25, 0.3) is 5.91 Å². The number of aromatic nitrogens is 2. The number of amides is 1. The van der Waals surface area contributed by atoms with E-state index in [0.717, 1.165) is 5.56 Å². The fourth-order valence-corrected chi connectivity index (χ4v) is 1.90. The molecular formula is C15H15N5O. The van der Waals surface area contributed by atoms with Gasteiger partial charge in [-0.05, 0) is 23.8 Å². The van der Waals surface area contributed by atoms with E-state index in [9.17, 15) is 4.79 Å². The summed E-state index contributed by atoms with van der Waals surface area (Å²) in [6.45, 7) is 0.685. The third kappa shape index (κ3) is 3.76. The van der Waals surface area contributed by atoms with Crippen molar-refractivity contribution in [3.05, 3.63) is 54.1 Å². The predicted molar refractivity (Wildman–Crippen MR) is 77.9 cm³/mol. The monoisotopic (exact) mass is 281 g/mol. The first-order chi connectivity index (χ1) is 10.2. The Morgan fingerprint density at radius 1 is 1.33 bits per heavy atom. The highest BCUT2D eigenvalue weighted by Crippen LogP contribution is 2.13. The maximum absolute atomic E-state index is 12.5. The van der Waals surface area contributed by atoms with Crippen molar-refractivity contribution in [3.8, 4) is 6.07 Å². The molecule has 2 rings (SSSR count). The Labute approximate surface area is 122 Å². The molecule has 2 aromatic heterocycles. The molecule has 2 heterocycles. The Balaban J connectivity index is 2.21. The second kappa shape index (κ2) is 7.01. The van der Waals surface area contributed by atoms with E-state index < -0.39 is 0 Å². The summed E-state index contributed by atoms with van der Waals surface area (Å²) in [6, 6.07) is 9.03. The van der Waals surface area contributed by atoms with Gasteiger partial charge in [-0.15, -0.1) is 0 Å². The Kier molecular flexibility index (Phi) is 4.83. The summed E-state index contributed by atoms with van der Waals surface area (Å²) >= 11 is 0. The largest absolute Gasteiger partial charge is 0.397 e. The number of nitrogens with zero attached hydrogens (tertiary/aromatic N) is 4. The van der Waals surface area contributed by atoms with Crippen LogP contribution in [0.3, 0.4) is 0 Å². The van der Waals surface area contributed by atoms with Gasteiger partial charge >= 0.3 is 0 Å². The molecule has 0 saturated heterocycles. The number of nitrogens with two attached hydrogens (primary N) is 1. The van der Waals surface area contributed by atoms with Crippen LogP contribution >= 0.6 is 0 Å². The van der Waals surface area contributed by atoms with Crippen LogP contribution in [0.4, 0.5) is 5.69 Å². The van der Waals surface area contributed by atoms with E-state index in [2.05, 4.69) is 9.97 Å². The lowest BCUT2D eigenvalue weighted by Crippen LogP contribution is -2.32. The molecule has 6 nitrogen and oxygen atoms in total. The molecule has 0 aliphatic rings. The average molecular weight is 281 g/mol. The number of hydrogen-bond donors (Lipinski definition) is 1. The van der Waals surface area contributed by atoms with Crippen molar-refractivity contribution in [2.45, 2.75) is 13.0 Å². The van der Waals surface area contributed by atoms with Gasteiger partial charge in [0.05, 0.1) is 18.2 Å². The van der Waals surface area contributed by atoms with Crippen LogP contribution in [0.1, 0.15) is 22.5 Å². The third-order valence-electron chi connectivity index (χ3n) is 2.92. The summed E-state index contributed by atoms with van der Waals surface area (Å²) in [5.74, 6) is -0.285. The van der Waals surface area contributed by atoms with E-state index in [1.54, 1.807) is 35.5 Å². The Hall–Kier alpha value is -2.94. The standard InChI is InChI=1S/C15H15N5O/c16-6-3-9-20(11-12-4-1-7-18-10-12)15(21)14-13(17)5-2-8-19-14/h1-2,4-5,7-8,10H,3,9,11,17H2. The molecule has 0 aliphatic carbocycles. The fourth-order valence-electron chi connectivity index (χ4n) is 1.90. The predicted octanol–water partition coefficient (Wildman–Crippen LogP) is 1.61. The molecule has 0 radical (unpaired) electrons. The zero-order valence-electron chi connectivity index (χ0n) is 11.4. The molecule has 0 saturated carbocycles. The summed E-state index contributed by atoms with van der Waals surface area (Å²) in [7, 11) is 0. The number of rotatable bonds is 5. The maximum atomic E-state index is 12.5. The van der Waals surface area contributed by atoms with Gasteiger partial charge in [-0.1, -0.05) is 6.07 Å². The van der Waals surface area contributed by atoms with Crippen molar-refractivity contribution in [1.29, 1.82) is 5.26 Å². The number of carbonyl (C=O) groups is 1. The quantitative estimate of drug-likeness (QED) is 0.898. The lowest BCUT2D eigenvalue weighted by Gasteiger charge is -2.21. The van der Waals surface area contributed by atoms with Crippen molar-refractivity contribution in [2.24, 2.45) is 0 Å². The van der Waals surface area contributed by atoms with Gasteiger partial charge in [0, 0.05) is 31.7 Å². The molecule has 6 heteroatoms. The van der Waals surface area contributed by atoms with Crippen molar-refractivity contribution in [2.75, 3.05) is 12.3 Å². The molecule has 1 amide bonds. The lowest BCUT2D eigenvalue weighted by molar-refractivity contribution is 0.0742. The van der Waals surface area contributed by atoms with Crippen molar-refractivity contribution < 1.29 is 4.79 Å². The molecular weight excluding hydrogens is 266 g/mol. The van der Waals surface area contributed by atoms with E-state index >= 15 is 0 Å². The van der Waals surface area contributed by atoms with Crippen molar-refractivity contribution in [3.63, 3.8) is 0 Å². The lowest BCUT2D eigenvalue weighted by atomic mass is 10.2. The van der Waals surface area contributed by atoms with Gasteiger partial charge in [-0.25, -0.2) is 4.98 Å². The fraction of sp³-hybridized carbons (Fsp3) is 0.200. The number of anilines is 1. The first-order valence-corrected chi connectivity index (χ1v) is 6.48. The van der Waals surface area contributed by atoms with Gasteiger partial charge in [0.1, 0.15) is 0 Å². The molecule has 0 unspecified atom stereocenters. The van der Waals surface area contributed by atoms with Crippen LogP contribution in [-0.4, -0.2) is 27.3 Å². The highest BCUT2D eigenvalue weighted by Gasteiger charge is 2.19. The van der Waals surface area contributed by atoms with E-state index in [1.807, 2.05) is 12.1 Å². The summed E-state index contributed by atoms with van der Waals surface area (Å²) in [5, 5.41) is 8.75. The van der Waals surface area contributed by atoms with E-state index in [-0.39, 0.29) is 18.0 Å². The molecule has 2 N–H and O–H groups in total. The molecule has 21 heavy (non-hydrogen) atoms. The smallest absolute Gasteiger partial charge is 0.274 e. The number of nitriles is 1. The van der Waals surface area contributed by atoms with E-state index in [4.69, 9.17) is 11.0 Å². The molecule has 0 aromatic carbocycles. The molecule has 0 fully saturated rings. The first kappa shape index (κ1) is 14.5. The van der Waals surface area contributed by atoms with Crippen LogP contribution in [-0.2, 0) is 6.54 Å². The Morgan fingerprint density at radius 2 is 2.14 bits per heavy atom. The molecule has 0 aliphatic heterocycles. The summed E-state index contributed by atoms with van der Waals surface area (Å²) < 4.78 is 0. The highest BCUT2D eigenvalue weighted by atomic mass is 16.2. The minimum absolute atomic E-state index is 0.208. The van der Waals surface area contributed by atoms with Crippen LogP contribution in [0.2, 0.25) is 0 Å². The highest BCUT2D eigenvalue weighted by molar-refractivity contribution is 5.97. The van der Waals surface area contributed by atoms with Crippen molar-refractivity contribution in [1.82, 2.24) is 14.9 Å². The number of pyridine rings is 2. The maximum Gasteiger partial charge on any atom is 0.274 e. The normalized spacial score (nSPS) is 9.86. The third-order valence-corrected chi connectivity index (χ3v) is 2.92. The second-order valence-corrected chi connectivity index (χ2v) is 4.44. The van der Waals surface area contributed by atoms with Crippen molar-refractivity contribution >= 4 is 11.6 Å². The summed E-state index contributed by atoms with van der Waals surface area (Å²) in [6.07, 6.45) is 5.13. The topological polar surface area (TPSA) is 95.9 Å². The second-order valence-electron chi connectivity index (χ2n) is 4.44. The number of hydrogen-bond acceptors (Lipinski definition) is 5. The van der Waals surface area contributed by atoms with Gasteiger partial charge in [0.15, 0.2) is 5.69 Å². The minimum Gasteiger partial charge on any atom is -0.397 e. The molecule has 0 atom stereocenters. The number of nitrogen functional groups attached to an aromatic ring is 1. The first-order valence-electron chi connectivity index (χ1n) is 6.48. The SMILES string of the molecule is N#CCCN(Cc1cccnc1)C(=O)c1ncccc1N. The van der Waals surface area contributed by atoms with Crippen LogP contribution in [0, 0.1) is 11.3 Å². The molecule has 0 bridgehead atoms. The van der Waals surface area contributed by atoms with Gasteiger partial charge in [-0.3, -0.25) is 9.78 Å². The number of carbonyl (C=O) groups excluding carboxylic acids is 1. The Morgan fingerprint density at radius 3 is 2.81 bits per heavy atom. The summed E-state index contributed by atoms with van der Waals surface area (Å²) in [5.41, 5.74) is 7.22. The van der Waals surface area contributed by atoms with Gasteiger partial charge in [-0.2, -0.15) is 5.26 Å². The molecule has 2 aromatic rings. The zero-order chi connectivity index (χ0) is 15.1. The van der Waals surface area contributed by atoms with Crippen LogP contribution in [0.25, 0.3) is 0 Å². The van der Waals surface area contributed by atoms with Crippen LogP contribution in [0.15, 0.2) is 42.9 Å². The van der Waals surface area contributed by atoms with Gasteiger partial charge in [0.2, 0.25) is 0 Å². The van der Waals surface area contributed by atoms with E-state index in [0.29, 0.717) is 18.8 Å². The van der Waals surface area contributed by atoms with E-state index in [1.165, 1.54) is 6.20 Å².